The summed E-state index contributed by atoms with van der Waals surface area (Å²) < 4.78 is 0. The summed E-state index contributed by atoms with van der Waals surface area (Å²) in [4.78, 5) is 4.31. The van der Waals surface area contributed by atoms with Gasteiger partial charge in [0, 0.05) is 6.54 Å². The number of nitrogens with one attached hydrogen (secondary N) is 2. The second-order valence-electron chi connectivity index (χ2n) is 4.57. The molecule has 0 atom stereocenters. The van der Waals surface area contributed by atoms with Crippen molar-refractivity contribution in [2.75, 3.05) is 17.3 Å². The predicted molar refractivity (Wildman–Crippen MR) is 62.5 cm³/mol. The summed E-state index contributed by atoms with van der Waals surface area (Å²) in [5, 5.41) is 3.36. The van der Waals surface area contributed by atoms with Crippen molar-refractivity contribution in [3.8, 4) is 0 Å². The Labute approximate surface area is 90.2 Å². The first-order valence-corrected chi connectivity index (χ1v) is 5.39. The molecule has 0 unspecified atom stereocenters. The molecule has 4 heteroatoms. The summed E-state index contributed by atoms with van der Waals surface area (Å²) in [6.45, 7) is 3.31. The fourth-order valence-corrected chi connectivity index (χ4v) is 1.87. The van der Waals surface area contributed by atoms with E-state index >= 15 is 0 Å². The molecule has 0 radical (unpaired) electrons. The van der Waals surface area contributed by atoms with Crippen LogP contribution in [0.25, 0.3) is 0 Å². The van der Waals surface area contributed by atoms with Crippen molar-refractivity contribution in [2.24, 2.45) is 11.3 Å². The summed E-state index contributed by atoms with van der Waals surface area (Å²) in [5.74, 6) is 6.88. The van der Waals surface area contributed by atoms with Crippen LogP contribution >= 0.6 is 0 Å². The number of nitrogen functional groups attached to an aromatic ring is 1. The first-order chi connectivity index (χ1) is 7.22. The van der Waals surface area contributed by atoms with Gasteiger partial charge in [0.05, 0.1) is 0 Å². The number of aromatic nitrogens is 1. The molecule has 1 fully saturated rings. The van der Waals surface area contributed by atoms with Crippen LogP contribution < -0.4 is 16.6 Å². The summed E-state index contributed by atoms with van der Waals surface area (Å²) in [5.41, 5.74) is 3.01. The minimum absolute atomic E-state index is 0.466. The molecule has 1 aliphatic rings. The lowest BCUT2D eigenvalue weighted by Crippen LogP contribution is -2.33. The van der Waals surface area contributed by atoms with Crippen LogP contribution in [0, 0.1) is 5.41 Å². The third-order valence-electron chi connectivity index (χ3n) is 3.15. The Morgan fingerprint density at radius 3 is 2.73 bits per heavy atom. The van der Waals surface area contributed by atoms with E-state index < -0.39 is 0 Å². The molecule has 0 saturated heterocycles. The van der Waals surface area contributed by atoms with Crippen LogP contribution in [-0.4, -0.2) is 11.5 Å². The number of nitrogens with two attached hydrogens (primary N) is 1. The minimum atomic E-state index is 0.466. The van der Waals surface area contributed by atoms with Crippen LogP contribution in [0.4, 0.5) is 11.6 Å². The highest BCUT2D eigenvalue weighted by Crippen LogP contribution is 2.40. The number of pyridine rings is 1. The van der Waals surface area contributed by atoms with Crippen molar-refractivity contribution in [3.05, 3.63) is 18.2 Å². The third kappa shape index (κ3) is 2.39. The normalized spacial score (nSPS) is 18.0. The van der Waals surface area contributed by atoms with Crippen molar-refractivity contribution < 1.29 is 0 Å². The van der Waals surface area contributed by atoms with Gasteiger partial charge < -0.3 is 10.7 Å². The van der Waals surface area contributed by atoms with E-state index in [1.54, 1.807) is 0 Å². The molecule has 0 spiro atoms. The molecule has 0 amide bonds. The van der Waals surface area contributed by atoms with E-state index in [2.05, 4.69) is 22.7 Å². The molecule has 4 N–H and O–H groups in total. The van der Waals surface area contributed by atoms with E-state index in [1.165, 1.54) is 19.3 Å². The summed E-state index contributed by atoms with van der Waals surface area (Å²) in [7, 11) is 0. The quantitative estimate of drug-likeness (QED) is 0.520. The minimum Gasteiger partial charge on any atom is -0.369 e. The zero-order valence-electron chi connectivity index (χ0n) is 9.09. The van der Waals surface area contributed by atoms with Crippen molar-refractivity contribution >= 4 is 11.6 Å². The standard InChI is InChI=1S/C11H18N4/c1-11(6-3-7-11)8-13-9-4-2-5-10(14-9)15-12/h2,4-5H,3,6-8,12H2,1H3,(H2,13,14,15). The smallest absolute Gasteiger partial charge is 0.142 e. The van der Waals surface area contributed by atoms with Crippen molar-refractivity contribution in [1.82, 2.24) is 4.98 Å². The SMILES string of the molecule is CC1(CNc2cccc(NN)n2)CCC1. The number of rotatable bonds is 4. The molecule has 2 rings (SSSR count). The van der Waals surface area contributed by atoms with Crippen LogP contribution in [0.15, 0.2) is 18.2 Å². The van der Waals surface area contributed by atoms with Crippen LogP contribution in [-0.2, 0) is 0 Å². The van der Waals surface area contributed by atoms with Gasteiger partial charge in [0.2, 0.25) is 0 Å². The Balaban J connectivity index is 1.92. The van der Waals surface area contributed by atoms with Crippen LogP contribution in [0.1, 0.15) is 26.2 Å². The maximum Gasteiger partial charge on any atom is 0.142 e. The molecular weight excluding hydrogens is 188 g/mol. The zero-order chi connectivity index (χ0) is 10.7. The predicted octanol–water partition coefficient (Wildman–Crippen LogP) is 1.97. The van der Waals surface area contributed by atoms with Crippen molar-refractivity contribution in [3.63, 3.8) is 0 Å². The highest BCUT2D eigenvalue weighted by molar-refractivity contribution is 5.44. The molecule has 1 aromatic rings. The van der Waals surface area contributed by atoms with Gasteiger partial charge in [-0.15, -0.1) is 0 Å². The average molecular weight is 206 g/mol. The lowest BCUT2D eigenvalue weighted by Gasteiger charge is -2.38. The molecule has 0 aliphatic heterocycles. The van der Waals surface area contributed by atoms with Crippen LogP contribution in [0.3, 0.4) is 0 Å². The summed E-state index contributed by atoms with van der Waals surface area (Å²) in [6, 6.07) is 5.74. The maximum absolute atomic E-state index is 5.30. The fraction of sp³-hybridized carbons (Fsp3) is 0.545. The average Bonchev–Trinajstić information content (AvgIpc) is 2.24. The van der Waals surface area contributed by atoms with Crippen molar-refractivity contribution in [1.29, 1.82) is 0 Å². The largest absolute Gasteiger partial charge is 0.369 e. The first-order valence-electron chi connectivity index (χ1n) is 5.39. The number of hydrogen-bond donors (Lipinski definition) is 3. The van der Waals surface area contributed by atoms with Gasteiger partial charge in [-0.05, 0) is 30.4 Å². The molecule has 1 aromatic heterocycles. The second-order valence-corrected chi connectivity index (χ2v) is 4.57. The Hall–Kier alpha value is -1.29. The van der Waals surface area contributed by atoms with Gasteiger partial charge in [0.15, 0.2) is 0 Å². The fourth-order valence-electron chi connectivity index (χ4n) is 1.87. The lowest BCUT2D eigenvalue weighted by molar-refractivity contribution is 0.180. The van der Waals surface area contributed by atoms with E-state index in [0.29, 0.717) is 11.2 Å². The first kappa shape index (κ1) is 10.2. The van der Waals surface area contributed by atoms with Gasteiger partial charge in [0.25, 0.3) is 0 Å². The van der Waals surface area contributed by atoms with E-state index in [4.69, 9.17) is 5.84 Å². The van der Waals surface area contributed by atoms with Gasteiger partial charge in [-0.1, -0.05) is 19.4 Å². The molecule has 4 nitrogen and oxygen atoms in total. The van der Waals surface area contributed by atoms with E-state index in [1.807, 2.05) is 18.2 Å². The van der Waals surface area contributed by atoms with Crippen LogP contribution in [0.2, 0.25) is 0 Å². The number of nitrogens with zero attached hydrogens (tertiary/aromatic N) is 1. The molecule has 0 bridgehead atoms. The third-order valence-corrected chi connectivity index (χ3v) is 3.15. The summed E-state index contributed by atoms with van der Waals surface area (Å²) in [6.07, 6.45) is 3.99. The van der Waals surface area contributed by atoms with Gasteiger partial charge in [0.1, 0.15) is 11.6 Å². The van der Waals surface area contributed by atoms with E-state index in [-0.39, 0.29) is 0 Å². The highest BCUT2D eigenvalue weighted by atomic mass is 15.3. The van der Waals surface area contributed by atoms with E-state index in [9.17, 15) is 0 Å². The van der Waals surface area contributed by atoms with Gasteiger partial charge in [-0.2, -0.15) is 0 Å². The van der Waals surface area contributed by atoms with Crippen molar-refractivity contribution in [2.45, 2.75) is 26.2 Å². The Kier molecular flexibility index (Phi) is 2.77. The molecule has 1 aliphatic carbocycles. The van der Waals surface area contributed by atoms with Gasteiger partial charge in [-0.25, -0.2) is 10.8 Å². The Morgan fingerprint density at radius 2 is 2.13 bits per heavy atom. The summed E-state index contributed by atoms with van der Waals surface area (Å²) >= 11 is 0. The number of anilines is 2. The number of hydrogen-bond acceptors (Lipinski definition) is 4. The monoisotopic (exact) mass is 206 g/mol. The molecule has 1 saturated carbocycles. The Bertz CT molecular complexity index is 333. The van der Waals surface area contributed by atoms with E-state index in [0.717, 1.165) is 12.4 Å². The molecule has 15 heavy (non-hydrogen) atoms. The van der Waals surface area contributed by atoms with Gasteiger partial charge in [-0.3, -0.25) is 0 Å². The maximum atomic E-state index is 5.30. The molecular formula is C11H18N4. The zero-order valence-corrected chi connectivity index (χ0v) is 9.09. The number of hydrazine groups is 1. The second kappa shape index (κ2) is 4.06. The topological polar surface area (TPSA) is 63.0 Å². The Morgan fingerprint density at radius 1 is 1.40 bits per heavy atom. The van der Waals surface area contributed by atoms with Gasteiger partial charge >= 0.3 is 0 Å². The lowest BCUT2D eigenvalue weighted by atomic mass is 9.70. The molecule has 0 aromatic carbocycles. The molecule has 1 heterocycles. The highest BCUT2D eigenvalue weighted by Gasteiger charge is 2.31. The molecule has 82 valence electrons. The van der Waals surface area contributed by atoms with Crippen LogP contribution in [0.5, 0.6) is 0 Å².